The molecule has 21 heavy (non-hydrogen) atoms. The maximum Gasteiger partial charge on any atom is 0.244 e. The number of halogens is 1. The van der Waals surface area contributed by atoms with Crippen LogP contribution in [0, 0.1) is 0 Å². The Morgan fingerprint density at radius 1 is 1.10 bits per heavy atom. The minimum Gasteiger partial charge on any atom is -0.508 e. The van der Waals surface area contributed by atoms with E-state index >= 15 is 0 Å². The summed E-state index contributed by atoms with van der Waals surface area (Å²) < 4.78 is 0. The molecule has 0 aliphatic carbocycles. The molecule has 0 unspecified atom stereocenters. The highest BCUT2D eigenvalue weighted by Crippen LogP contribution is 2.11. The molecule has 0 atom stereocenters. The largest absolute Gasteiger partial charge is 0.508 e. The lowest BCUT2D eigenvalue weighted by Crippen LogP contribution is -2.23. The fraction of sp³-hybridized carbons (Fsp3) is 0.118. The van der Waals surface area contributed by atoms with Crippen molar-refractivity contribution in [2.24, 2.45) is 0 Å². The predicted molar refractivity (Wildman–Crippen MR) is 85.3 cm³/mol. The van der Waals surface area contributed by atoms with Crippen LogP contribution in [0.3, 0.4) is 0 Å². The van der Waals surface area contributed by atoms with Gasteiger partial charge < -0.3 is 10.4 Å². The Kier molecular flexibility index (Phi) is 5.41. The van der Waals surface area contributed by atoms with Gasteiger partial charge in [0.05, 0.1) is 0 Å². The molecule has 2 rings (SSSR count). The van der Waals surface area contributed by atoms with Gasteiger partial charge in [0.1, 0.15) is 5.75 Å². The second-order valence-corrected chi connectivity index (χ2v) is 5.03. The number of carbonyl (C=O) groups is 1. The average Bonchev–Trinajstić information content (AvgIpc) is 2.49. The van der Waals surface area contributed by atoms with E-state index in [4.69, 9.17) is 11.6 Å². The first-order valence-electron chi connectivity index (χ1n) is 6.63. The summed E-state index contributed by atoms with van der Waals surface area (Å²) >= 11 is 5.79. The van der Waals surface area contributed by atoms with Crippen molar-refractivity contribution in [2.75, 3.05) is 6.54 Å². The van der Waals surface area contributed by atoms with Gasteiger partial charge in [0.15, 0.2) is 0 Å². The molecule has 0 radical (unpaired) electrons. The van der Waals surface area contributed by atoms with Crippen LogP contribution in [0.5, 0.6) is 5.75 Å². The molecule has 0 saturated heterocycles. The molecule has 0 heterocycles. The molecule has 0 spiro atoms. The summed E-state index contributed by atoms with van der Waals surface area (Å²) in [6, 6.07) is 14.2. The molecule has 0 saturated carbocycles. The first-order valence-corrected chi connectivity index (χ1v) is 7.01. The van der Waals surface area contributed by atoms with E-state index in [0.717, 1.165) is 17.5 Å². The molecule has 0 aliphatic rings. The summed E-state index contributed by atoms with van der Waals surface area (Å²) in [5.41, 5.74) is 1.99. The number of nitrogens with one attached hydrogen (secondary N) is 1. The second kappa shape index (κ2) is 7.50. The number of phenols is 1. The second-order valence-electron chi connectivity index (χ2n) is 4.59. The van der Waals surface area contributed by atoms with E-state index in [-0.39, 0.29) is 11.7 Å². The van der Waals surface area contributed by atoms with Gasteiger partial charge in [-0.15, -0.1) is 0 Å². The highest BCUT2D eigenvalue weighted by molar-refractivity contribution is 6.30. The summed E-state index contributed by atoms with van der Waals surface area (Å²) in [5, 5.41) is 12.7. The van der Waals surface area contributed by atoms with E-state index < -0.39 is 0 Å². The van der Waals surface area contributed by atoms with Crippen molar-refractivity contribution in [2.45, 2.75) is 6.42 Å². The predicted octanol–water partition coefficient (Wildman–Crippen LogP) is 3.42. The van der Waals surface area contributed by atoms with E-state index in [2.05, 4.69) is 5.32 Å². The van der Waals surface area contributed by atoms with Gasteiger partial charge in [-0.3, -0.25) is 4.79 Å². The lowest BCUT2D eigenvalue weighted by atomic mass is 10.1. The summed E-state index contributed by atoms with van der Waals surface area (Å²) in [7, 11) is 0. The molecule has 2 aromatic rings. The number of carbonyl (C=O) groups excluding carboxylic acids is 1. The van der Waals surface area contributed by atoms with Gasteiger partial charge in [-0.1, -0.05) is 35.9 Å². The topological polar surface area (TPSA) is 49.3 Å². The van der Waals surface area contributed by atoms with Gasteiger partial charge in [0.25, 0.3) is 0 Å². The van der Waals surface area contributed by atoms with E-state index in [1.165, 1.54) is 6.08 Å². The van der Waals surface area contributed by atoms with Gasteiger partial charge in [0, 0.05) is 17.6 Å². The van der Waals surface area contributed by atoms with Crippen LogP contribution in [-0.4, -0.2) is 17.6 Å². The number of phenolic OH excluding ortho intramolecular Hbond substituents is 1. The Morgan fingerprint density at radius 3 is 2.43 bits per heavy atom. The SMILES string of the molecule is O=C(/C=C/c1ccc(Cl)cc1)NCCc1ccc(O)cc1. The van der Waals surface area contributed by atoms with E-state index in [0.29, 0.717) is 11.6 Å². The highest BCUT2D eigenvalue weighted by atomic mass is 35.5. The fourth-order valence-corrected chi connectivity index (χ4v) is 1.92. The zero-order valence-corrected chi connectivity index (χ0v) is 12.2. The molecule has 0 bridgehead atoms. The van der Waals surface area contributed by atoms with Gasteiger partial charge in [-0.25, -0.2) is 0 Å². The van der Waals surface area contributed by atoms with Gasteiger partial charge in [-0.05, 0) is 47.9 Å². The van der Waals surface area contributed by atoms with E-state index in [9.17, 15) is 9.90 Å². The third-order valence-corrected chi connectivity index (χ3v) is 3.20. The van der Waals surface area contributed by atoms with Crippen molar-refractivity contribution in [3.63, 3.8) is 0 Å². The third kappa shape index (κ3) is 5.32. The molecule has 2 aromatic carbocycles. The molecular weight excluding hydrogens is 286 g/mol. The number of amides is 1. The molecule has 4 heteroatoms. The normalized spacial score (nSPS) is 10.7. The Balaban J connectivity index is 1.77. The Morgan fingerprint density at radius 2 is 1.76 bits per heavy atom. The number of hydrogen-bond acceptors (Lipinski definition) is 2. The summed E-state index contributed by atoms with van der Waals surface area (Å²) in [6.07, 6.45) is 3.97. The van der Waals surface area contributed by atoms with Crippen molar-refractivity contribution in [3.8, 4) is 5.75 Å². The Bertz CT molecular complexity index is 618. The number of benzene rings is 2. The lowest BCUT2D eigenvalue weighted by molar-refractivity contribution is -0.116. The molecule has 2 N–H and O–H groups in total. The van der Waals surface area contributed by atoms with Crippen LogP contribution < -0.4 is 5.32 Å². The summed E-state index contributed by atoms with van der Waals surface area (Å²) in [5.74, 6) is 0.109. The quantitative estimate of drug-likeness (QED) is 0.831. The Labute approximate surface area is 128 Å². The van der Waals surface area contributed by atoms with Gasteiger partial charge in [0.2, 0.25) is 5.91 Å². The van der Waals surface area contributed by atoms with Gasteiger partial charge in [-0.2, -0.15) is 0 Å². The van der Waals surface area contributed by atoms with Crippen LogP contribution in [0.15, 0.2) is 54.6 Å². The summed E-state index contributed by atoms with van der Waals surface area (Å²) in [6.45, 7) is 0.550. The monoisotopic (exact) mass is 301 g/mol. The van der Waals surface area contributed by atoms with Crippen LogP contribution in [0.1, 0.15) is 11.1 Å². The van der Waals surface area contributed by atoms with Crippen LogP contribution in [0.2, 0.25) is 5.02 Å². The first kappa shape index (κ1) is 15.1. The number of aromatic hydroxyl groups is 1. The molecule has 108 valence electrons. The smallest absolute Gasteiger partial charge is 0.244 e. The molecule has 0 fully saturated rings. The third-order valence-electron chi connectivity index (χ3n) is 2.95. The van der Waals surface area contributed by atoms with Crippen LogP contribution in [0.4, 0.5) is 0 Å². The zero-order chi connectivity index (χ0) is 15.1. The maximum atomic E-state index is 11.7. The molecular formula is C17H16ClNO2. The van der Waals surface area contributed by atoms with Crippen LogP contribution in [-0.2, 0) is 11.2 Å². The van der Waals surface area contributed by atoms with E-state index in [1.54, 1.807) is 30.3 Å². The average molecular weight is 302 g/mol. The van der Waals surface area contributed by atoms with Crippen LogP contribution in [0.25, 0.3) is 6.08 Å². The maximum absolute atomic E-state index is 11.7. The fourth-order valence-electron chi connectivity index (χ4n) is 1.80. The highest BCUT2D eigenvalue weighted by Gasteiger charge is 1.97. The number of rotatable bonds is 5. The minimum atomic E-state index is -0.135. The molecule has 3 nitrogen and oxygen atoms in total. The van der Waals surface area contributed by atoms with Crippen molar-refractivity contribution in [3.05, 3.63) is 70.8 Å². The standard InChI is InChI=1S/C17H16ClNO2/c18-15-6-1-13(2-7-15)5-10-17(21)19-12-11-14-3-8-16(20)9-4-14/h1-10,20H,11-12H2,(H,19,21)/b10-5+. The van der Waals surface area contributed by atoms with Crippen molar-refractivity contribution < 1.29 is 9.90 Å². The van der Waals surface area contributed by atoms with Crippen molar-refractivity contribution >= 4 is 23.6 Å². The number of hydrogen-bond donors (Lipinski definition) is 2. The Hall–Kier alpha value is -2.26. The van der Waals surface area contributed by atoms with Crippen molar-refractivity contribution in [1.82, 2.24) is 5.32 Å². The first-order chi connectivity index (χ1) is 10.1. The van der Waals surface area contributed by atoms with Crippen LogP contribution >= 0.6 is 11.6 Å². The zero-order valence-electron chi connectivity index (χ0n) is 11.4. The van der Waals surface area contributed by atoms with Gasteiger partial charge >= 0.3 is 0 Å². The van der Waals surface area contributed by atoms with Crippen molar-refractivity contribution in [1.29, 1.82) is 0 Å². The lowest BCUT2D eigenvalue weighted by Gasteiger charge is -2.03. The molecule has 1 amide bonds. The van der Waals surface area contributed by atoms with E-state index in [1.807, 2.05) is 24.3 Å². The molecule has 0 aromatic heterocycles. The summed E-state index contributed by atoms with van der Waals surface area (Å²) in [4.78, 5) is 11.7. The molecule has 0 aliphatic heterocycles. The minimum absolute atomic E-state index is 0.135.